The third kappa shape index (κ3) is 13.7. The Bertz CT molecular complexity index is 3180. The fraction of sp³-hybridized carbons (Fsp3) is 0.0702. The zero-order chi connectivity index (χ0) is 48.5. The maximum atomic E-state index is 13.4. The number of thioether (sulfide) groups is 1. The van der Waals surface area contributed by atoms with Gasteiger partial charge in [-0.3, -0.25) is 33.9 Å². The molecule has 0 fully saturated rings. The summed E-state index contributed by atoms with van der Waals surface area (Å²) in [6.45, 7) is 3.92. The number of nitrogens with zero attached hydrogens (tertiary/aromatic N) is 2. The van der Waals surface area contributed by atoms with Crippen molar-refractivity contribution < 1.29 is 29.1 Å². The summed E-state index contributed by atoms with van der Waals surface area (Å²) in [7, 11) is 0. The van der Waals surface area contributed by atoms with Crippen LogP contribution in [-0.2, 0) is 14.4 Å². The van der Waals surface area contributed by atoms with E-state index in [9.17, 15) is 24.0 Å². The lowest BCUT2D eigenvalue weighted by atomic mass is 9.92. The van der Waals surface area contributed by atoms with Crippen LogP contribution in [0.1, 0.15) is 48.9 Å². The van der Waals surface area contributed by atoms with E-state index in [1.54, 1.807) is 85.5 Å². The number of Topliss-reactive ketones (excluding diaryl/α,β-unsaturated/α-hetero) is 2. The highest BCUT2D eigenvalue weighted by Gasteiger charge is 2.23. The maximum Gasteiger partial charge on any atom is 0.321 e. The van der Waals surface area contributed by atoms with Gasteiger partial charge in [-0.2, -0.15) is 11.8 Å². The highest BCUT2D eigenvalue weighted by atomic mass is 32.2. The number of aromatic nitrogens is 2. The number of carboxylic acids is 1. The van der Waals surface area contributed by atoms with Crippen LogP contribution in [0, 0.1) is 0 Å². The van der Waals surface area contributed by atoms with Gasteiger partial charge in [0.15, 0.2) is 11.6 Å². The van der Waals surface area contributed by atoms with Crippen LogP contribution in [0.25, 0.3) is 39.3 Å². The molecule has 5 N–H and O–H groups in total. The minimum Gasteiger partial charge on any atom is -0.480 e. The second-order valence-corrected chi connectivity index (χ2v) is 16.8. The predicted octanol–water partition coefficient (Wildman–Crippen LogP) is 10.8. The molecule has 0 saturated heterocycles. The van der Waals surface area contributed by atoms with E-state index in [0.717, 1.165) is 43.8 Å². The second kappa shape index (κ2) is 23.7. The fourth-order valence-corrected chi connectivity index (χ4v) is 8.19. The van der Waals surface area contributed by atoms with Gasteiger partial charge in [0.1, 0.15) is 6.04 Å². The minimum atomic E-state index is -1.06. The molecular formula is C57H47N5O6S. The molecule has 2 amide bonds. The number of hydrogen-bond donors (Lipinski definition) is 4. The van der Waals surface area contributed by atoms with Crippen molar-refractivity contribution in [3.8, 4) is 0 Å². The summed E-state index contributed by atoms with van der Waals surface area (Å²) in [5.74, 6) is -1.55. The number of ketones is 2. The van der Waals surface area contributed by atoms with Crippen molar-refractivity contribution in [3.05, 3.63) is 235 Å². The highest BCUT2D eigenvalue weighted by Crippen LogP contribution is 2.27. The number of fused-ring (bicyclic) bond motifs is 2. The molecule has 2 atom stereocenters. The first-order valence-electron chi connectivity index (χ1n) is 21.8. The topological polar surface area (TPSA) is 181 Å². The largest absolute Gasteiger partial charge is 0.480 e. The first-order chi connectivity index (χ1) is 33.5. The van der Waals surface area contributed by atoms with Crippen molar-refractivity contribution in [1.82, 2.24) is 9.97 Å². The van der Waals surface area contributed by atoms with E-state index >= 15 is 0 Å². The third-order valence-corrected chi connectivity index (χ3v) is 12.0. The summed E-state index contributed by atoms with van der Waals surface area (Å²) in [6.07, 6.45) is 13.3. The Balaban J connectivity index is 0.000000208. The molecule has 12 heteroatoms. The molecule has 0 aliphatic rings. The second-order valence-electron chi connectivity index (χ2n) is 15.7. The lowest BCUT2D eigenvalue weighted by molar-refractivity contribution is -0.138. The Morgan fingerprint density at radius 2 is 1.07 bits per heavy atom. The van der Waals surface area contributed by atoms with Gasteiger partial charge in [-0.25, -0.2) is 0 Å². The monoisotopic (exact) mass is 929 g/mol. The van der Waals surface area contributed by atoms with Crippen LogP contribution < -0.4 is 16.4 Å². The molecule has 0 aliphatic carbocycles. The third-order valence-electron chi connectivity index (χ3n) is 10.9. The van der Waals surface area contributed by atoms with Crippen molar-refractivity contribution in [3.63, 3.8) is 0 Å². The van der Waals surface area contributed by atoms with E-state index in [-0.39, 0.29) is 29.1 Å². The van der Waals surface area contributed by atoms with Gasteiger partial charge in [0.05, 0.1) is 5.92 Å². The zero-order valence-electron chi connectivity index (χ0n) is 37.3. The summed E-state index contributed by atoms with van der Waals surface area (Å²) in [5.41, 5.74) is 11.8. The van der Waals surface area contributed by atoms with Gasteiger partial charge in [-0.15, -0.1) is 0 Å². The molecule has 342 valence electrons. The molecule has 11 nitrogen and oxygen atoms in total. The molecule has 8 aromatic rings. The number of anilines is 2. The summed E-state index contributed by atoms with van der Waals surface area (Å²) in [4.78, 5) is 69.9. The van der Waals surface area contributed by atoms with Gasteiger partial charge in [-0.05, 0) is 81.6 Å². The molecule has 2 aromatic heterocycles. The maximum absolute atomic E-state index is 13.4. The van der Waals surface area contributed by atoms with Crippen molar-refractivity contribution in [1.29, 1.82) is 0 Å². The van der Waals surface area contributed by atoms with Crippen molar-refractivity contribution in [2.45, 2.75) is 12.0 Å². The van der Waals surface area contributed by atoms with E-state index in [2.05, 4.69) is 27.2 Å². The fourth-order valence-electron chi connectivity index (χ4n) is 7.08. The number of aliphatic carboxylic acids is 1. The first kappa shape index (κ1) is 48.4. The van der Waals surface area contributed by atoms with Gasteiger partial charge in [0, 0.05) is 87.3 Å². The Kier molecular flexibility index (Phi) is 16.6. The summed E-state index contributed by atoms with van der Waals surface area (Å²) in [6, 6.07) is 47.0. The van der Waals surface area contributed by atoms with Crippen LogP contribution in [0.5, 0.6) is 0 Å². The molecule has 2 heterocycles. The number of nitrogens with one attached hydrogen (secondary N) is 2. The lowest BCUT2D eigenvalue weighted by Crippen LogP contribution is -2.32. The molecule has 1 unspecified atom stereocenters. The Morgan fingerprint density at radius 1 is 0.580 bits per heavy atom. The van der Waals surface area contributed by atoms with Gasteiger partial charge >= 0.3 is 5.97 Å². The SMILES string of the molecule is C=C(C(=O)c1ccc(/C=C/C(=O)Nc2ccc3cnccc3c2)cc1)c1ccccc1.N[C@@H](CSCC(C(=O)c1ccc(/C=C/C(=O)Nc2ccc3cnccc3c2)cc1)c1ccccc1)C(=O)O. The molecule has 0 saturated carbocycles. The average molecular weight is 930 g/mol. The molecular weight excluding hydrogens is 883 g/mol. The standard InChI is InChI=1S/C30H27N3O4S.C27H20N2O2/c31-27(30(36)37)19-38-18-26(21-4-2-1-3-5-21)29(35)22-9-6-20(7-10-22)8-13-28(34)33-25-12-11-24-17-32-15-14-23(24)16-25;1-19(21-5-3-2-4-6-21)27(31)22-10-7-20(8-11-22)9-14-26(30)29-25-13-12-24-18-28-16-15-23(24)17-25/h1-17,26-27H,18-19,31H2,(H,33,34)(H,36,37);2-18H,1H2,(H,29,30)/b13-8+;14-9+/t26?,27-;/m0./s1. The van der Waals surface area contributed by atoms with Crippen molar-refractivity contribution in [2.24, 2.45) is 5.73 Å². The first-order valence-corrected chi connectivity index (χ1v) is 23.0. The number of carbonyl (C=O) groups excluding carboxylic acids is 4. The number of amides is 2. The molecule has 8 rings (SSSR count). The van der Waals surface area contributed by atoms with Crippen molar-refractivity contribution in [2.75, 3.05) is 22.1 Å². The van der Waals surface area contributed by atoms with Crippen LogP contribution in [-0.4, -0.2) is 62.0 Å². The highest BCUT2D eigenvalue weighted by molar-refractivity contribution is 7.99. The molecule has 0 aliphatic heterocycles. The molecule has 69 heavy (non-hydrogen) atoms. The number of pyridine rings is 2. The number of allylic oxidation sites excluding steroid dienone is 1. The minimum absolute atomic E-state index is 0.0626. The number of rotatable bonds is 17. The zero-order valence-corrected chi connectivity index (χ0v) is 38.1. The van der Waals surface area contributed by atoms with Gasteiger partial charge < -0.3 is 21.5 Å². The van der Waals surface area contributed by atoms with Gasteiger partial charge in [-0.1, -0.05) is 128 Å². The molecule has 0 bridgehead atoms. The number of carboxylic acid groups (broad SMARTS) is 1. The van der Waals surface area contributed by atoms with E-state index in [0.29, 0.717) is 33.8 Å². The van der Waals surface area contributed by atoms with Crippen molar-refractivity contribution >= 4 is 91.8 Å². The lowest BCUT2D eigenvalue weighted by Gasteiger charge is -2.17. The van der Waals surface area contributed by atoms with Crippen LogP contribution in [0.2, 0.25) is 0 Å². The van der Waals surface area contributed by atoms with Crippen LogP contribution >= 0.6 is 11.8 Å². The molecule has 6 aromatic carbocycles. The molecule has 0 radical (unpaired) electrons. The number of hydrogen-bond acceptors (Lipinski definition) is 9. The number of nitrogens with two attached hydrogens (primary N) is 1. The van der Waals surface area contributed by atoms with Gasteiger partial charge in [0.25, 0.3) is 0 Å². The quantitative estimate of drug-likeness (QED) is 0.0507. The normalized spacial score (nSPS) is 11.9. The molecule has 0 spiro atoms. The van der Waals surface area contributed by atoms with E-state index in [1.165, 1.54) is 23.9 Å². The summed E-state index contributed by atoms with van der Waals surface area (Å²) >= 11 is 1.35. The summed E-state index contributed by atoms with van der Waals surface area (Å²) < 4.78 is 0. The van der Waals surface area contributed by atoms with E-state index in [1.807, 2.05) is 109 Å². The van der Waals surface area contributed by atoms with Crippen LogP contribution in [0.4, 0.5) is 11.4 Å². The Labute approximate surface area is 403 Å². The van der Waals surface area contributed by atoms with Crippen LogP contribution in [0.15, 0.2) is 201 Å². The van der Waals surface area contributed by atoms with E-state index in [4.69, 9.17) is 10.8 Å². The number of benzene rings is 6. The van der Waals surface area contributed by atoms with Crippen LogP contribution in [0.3, 0.4) is 0 Å². The summed E-state index contributed by atoms with van der Waals surface area (Å²) in [5, 5.41) is 18.7. The Hall–Kier alpha value is -8.58. The van der Waals surface area contributed by atoms with Gasteiger partial charge in [0.2, 0.25) is 11.8 Å². The predicted molar refractivity (Wildman–Crippen MR) is 278 cm³/mol. The smallest absolute Gasteiger partial charge is 0.321 e. The average Bonchev–Trinajstić information content (AvgIpc) is 3.39. The number of carbonyl (C=O) groups is 5. The Morgan fingerprint density at radius 3 is 1.58 bits per heavy atom. The van der Waals surface area contributed by atoms with E-state index < -0.39 is 17.9 Å².